The number of phenols is 1. The van der Waals surface area contributed by atoms with Crippen molar-refractivity contribution in [1.29, 1.82) is 0 Å². The topological polar surface area (TPSA) is 29.5 Å². The largest absolute Gasteiger partial charge is 0.508 e. The molecule has 23 heavy (non-hydrogen) atoms. The first-order valence-corrected chi connectivity index (χ1v) is 8.08. The zero-order valence-corrected chi connectivity index (χ0v) is 13.1. The van der Waals surface area contributed by atoms with E-state index in [0.29, 0.717) is 5.75 Å². The van der Waals surface area contributed by atoms with Crippen molar-refractivity contribution in [2.75, 3.05) is 13.3 Å². The van der Waals surface area contributed by atoms with Gasteiger partial charge in [0.1, 0.15) is 24.8 Å². The molecule has 3 rings (SSSR count). The number of aromatic hydroxyl groups is 1. The maximum Gasteiger partial charge on any atom is 0.123 e. The van der Waals surface area contributed by atoms with Gasteiger partial charge in [-0.05, 0) is 66.6 Å². The fourth-order valence-corrected chi connectivity index (χ4v) is 3.13. The Morgan fingerprint density at radius 1 is 0.913 bits per heavy atom. The van der Waals surface area contributed by atoms with Crippen LogP contribution in [0.25, 0.3) is 5.57 Å². The fourth-order valence-electron chi connectivity index (χ4n) is 3.13. The number of hydrogen-bond acceptors (Lipinski definition) is 2. The molecule has 0 radical (unpaired) electrons. The molecule has 1 fully saturated rings. The molecule has 0 unspecified atom stereocenters. The SMILES string of the molecule is Oc1ccc(C(=C2CCCC2)c2ccc(OCC[18F])cc2)cc1. The van der Waals surface area contributed by atoms with Crippen LogP contribution >= 0.6 is 0 Å². The van der Waals surface area contributed by atoms with Crippen molar-refractivity contribution >= 4 is 5.57 Å². The zero-order valence-electron chi connectivity index (χ0n) is 13.1. The molecule has 1 aliphatic carbocycles. The molecule has 0 saturated heterocycles. The van der Waals surface area contributed by atoms with Gasteiger partial charge in [-0.3, -0.25) is 0 Å². The number of rotatable bonds is 5. The van der Waals surface area contributed by atoms with Crippen LogP contribution in [0.5, 0.6) is 11.5 Å². The Labute approximate surface area is 136 Å². The molecular formula is C20H21FO2. The van der Waals surface area contributed by atoms with Crippen molar-refractivity contribution in [2.45, 2.75) is 25.7 Å². The number of ether oxygens (including phenoxy) is 1. The Balaban J connectivity index is 1.96. The highest BCUT2D eigenvalue weighted by Crippen LogP contribution is 2.36. The smallest absolute Gasteiger partial charge is 0.123 e. The summed E-state index contributed by atoms with van der Waals surface area (Å²) in [5.74, 6) is 0.965. The molecular weight excluding hydrogens is 290 g/mol. The second-order valence-corrected chi connectivity index (χ2v) is 5.79. The van der Waals surface area contributed by atoms with Crippen molar-refractivity contribution < 1.29 is 14.2 Å². The number of phenolic OH excluding ortho intramolecular Hbond substituents is 1. The third-order valence-corrected chi connectivity index (χ3v) is 4.21. The van der Waals surface area contributed by atoms with Crippen molar-refractivity contribution in [3.05, 3.63) is 65.2 Å². The Morgan fingerprint density at radius 2 is 1.48 bits per heavy atom. The Kier molecular flexibility index (Phi) is 4.96. The van der Waals surface area contributed by atoms with Gasteiger partial charge in [-0.25, -0.2) is 4.39 Å². The average molecular weight is 311 g/mol. The first kappa shape index (κ1) is 15.6. The Morgan fingerprint density at radius 3 is 2.04 bits per heavy atom. The predicted octanol–water partition coefficient (Wildman–Crippen LogP) is 5.12. The summed E-state index contributed by atoms with van der Waals surface area (Å²) in [6.07, 6.45) is 4.70. The molecule has 3 heteroatoms. The monoisotopic (exact) mass is 311 g/mol. The van der Waals surface area contributed by atoms with Crippen LogP contribution in [-0.4, -0.2) is 18.4 Å². The van der Waals surface area contributed by atoms with E-state index in [2.05, 4.69) is 0 Å². The van der Waals surface area contributed by atoms with E-state index in [-0.39, 0.29) is 12.4 Å². The zero-order chi connectivity index (χ0) is 16.1. The molecule has 0 bridgehead atoms. The molecule has 2 aromatic rings. The van der Waals surface area contributed by atoms with Gasteiger partial charge in [-0.15, -0.1) is 0 Å². The molecule has 120 valence electrons. The number of allylic oxidation sites excluding steroid dienone is 1. The highest BCUT2D eigenvalue weighted by atomic mass is 18.2. The second-order valence-electron chi connectivity index (χ2n) is 5.79. The van der Waals surface area contributed by atoms with Crippen molar-refractivity contribution in [3.8, 4) is 11.5 Å². The van der Waals surface area contributed by atoms with Gasteiger partial charge in [0.25, 0.3) is 0 Å². The van der Waals surface area contributed by atoms with Crippen LogP contribution in [0.4, 0.5) is 4.39 Å². The van der Waals surface area contributed by atoms with Gasteiger partial charge in [-0.1, -0.05) is 29.8 Å². The van der Waals surface area contributed by atoms with E-state index in [9.17, 15) is 9.50 Å². The summed E-state index contributed by atoms with van der Waals surface area (Å²) in [5, 5.41) is 9.53. The lowest BCUT2D eigenvalue weighted by atomic mass is 9.92. The summed E-state index contributed by atoms with van der Waals surface area (Å²) in [7, 11) is 0. The van der Waals surface area contributed by atoms with Gasteiger partial charge >= 0.3 is 0 Å². The first-order valence-electron chi connectivity index (χ1n) is 8.08. The molecule has 0 aromatic heterocycles. The molecule has 1 aliphatic rings. The average Bonchev–Trinajstić information content (AvgIpc) is 3.10. The fraction of sp³-hybridized carbons (Fsp3) is 0.300. The van der Waals surface area contributed by atoms with Crippen LogP contribution < -0.4 is 4.74 Å². The molecule has 0 aliphatic heterocycles. The number of halogens is 1. The number of alkyl halides is 1. The maximum atomic E-state index is 12.2. The van der Waals surface area contributed by atoms with Gasteiger partial charge in [0.05, 0.1) is 0 Å². The van der Waals surface area contributed by atoms with E-state index < -0.39 is 6.67 Å². The van der Waals surface area contributed by atoms with Gasteiger partial charge in [0.2, 0.25) is 0 Å². The number of hydrogen-bond donors (Lipinski definition) is 1. The minimum absolute atomic E-state index is 0.0885. The van der Waals surface area contributed by atoms with Crippen LogP contribution in [0.1, 0.15) is 36.8 Å². The summed E-state index contributed by atoms with van der Waals surface area (Å²) < 4.78 is 17.5. The summed E-state index contributed by atoms with van der Waals surface area (Å²) in [6.45, 7) is -0.393. The van der Waals surface area contributed by atoms with Crippen molar-refractivity contribution in [3.63, 3.8) is 0 Å². The summed E-state index contributed by atoms with van der Waals surface area (Å²) in [5.41, 5.74) is 4.98. The van der Waals surface area contributed by atoms with E-state index in [1.54, 1.807) is 12.1 Å². The Bertz CT molecular complexity index is 664. The van der Waals surface area contributed by atoms with E-state index in [1.165, 1.54) is 24.0 Å². The summed E-state index contributed by atoms with van der Waals surface area (Å²) in [4.78, 5) is 0. The van der Waals surface area contributed by atoms with Crippen LogP contribution in [0.15, 0.2) is 54.1 Å². The molecule has 1 N–H and O–H groups in total. The van der Waals surface area contributed by atoms with Gasteiger partial charge in [0, 0.05) is 0 Å². The third kappa shape index (κ3) is 3.73. The predicted molar refractivity (Wildman–Crippen MR) is 90.5 cm³/mol. The van der Waals surface area contributed by atoms with E-state index in [0.717, 1.165) is 24.0 Å². The minimum Gasteiger partial charge on any atom is -0.508 e. The minimum atomic E-state index is -0.482. The standard InChI is InChI=1S/C20H21FO2/c21-13-14-23-19-11-7-17(8-12-19)20(15-3-1-2-4-15)16-5-9-18(22)10-6-16/h5-12,22H,1-4,13-14H2/i21-1. The van der Waals surface area contributed by atoms with Crippen molar-refractivity contribution in [1.82, 2.24) is 0 Å². The van der Waals surface area contributed by atoms with Gasteiger partial charge in [-0.2, -0.15) is 0 Å². The van der Waals surface area contributed by atoms with Crippen LogP contribution in [0.3, 0.4) is 0 Å². The molecule has 0 heterocycles. The molecule has 0 atom stereocenters. The van der Waals surface area contributed by atoms with Gasteiger partial charge < -0.3 is 9.84 Å². The highest BCUT2D eigenvalue weighted by Gasteiger charge is 2.16. The molecule has 2 aromatic carbocycles. The first-order chi connectivity index (χ1) is 11.3. The number of benzene rings is 2. The highest BCUT2D eigenvalue weighted by molar-refractivity contribution is 5.82. The molecule has 2 nitrogen and oxygen atoms in total. The normalized spacial score (nSPS) is 14.0. The van der Waals surface area contributed by atoms with Crippen molar-refractivity contribution in [2.24, 2.45) is 0 Å². The lowest BCUT2D eigenvalue weighted by Crippen LogP contribution is -1.99. The maximum absolute atomic E-state index is 12.2. The van der Waals surface area contributed by atoms with E-state index in [1.807, 2.05) is 36.4 Å². The van der Waals surface area contributed by atoms with E-state index >= 15 is 0 Å². The summed E-state index contributed by atoms with van der Waals surface area (Å²) >= 11 is 0. The third-order valence-electron chi connectivity index (χ3n) is 4.21. The lowest BCUT2D eigenvalue weighted by molar-refractivity contribution is 0.273. The van der Waals surface area contributed by atoms with Crippen LogP contribution in [0, 0.1) is 0 Å². The Hall–Kier alpha value is -2.29. The van der Waals surface area contributed by atoms with Crippen LogP contribution in [0.2, 0.25) is 0 Å². The lowest BCUT2D eigenvalue weighted by Gasteiger charge is -2.14. The van der Waals surface area contributed by atoms with Gasteiger partial charge in [0.15, 0.2) is 0 Å². The molecule has 0 spiro atoms. The molecule has 1 saturated carbocycles. The molecule has 0 amide bonds. The summed E-state index contributed by atoms with van der Waals surface area (Å²) in [6, 6.07) is 15.2. The van der Waals surface area contributed by atoms with E-state index in [4.69, 9.17) is 4.74 Å². The van der Waals surface area contributed by atoms with Crippen LogP contribution in [-0.2, 0) is 0 Å². The second kappa shape index (κ2) is 7.32. The quantitative estimate of drug-likeness (QED) is 0.831.